The molecule has 134 valence electrons. The lowest BCUT2D eigenvalue weighted by atomic mass is 10.1. The quantitative estimate of drug-likeness (QED) is 0.734. The number of nitrogens with zero attached hydrogens (tertiary/aromatic N) is 5. The van der Waals surface area contributed by atoms with Gasteiger partial charge in [-0.3, -0.25) is 9.78 Å². The molecule has 0 atom stereocenters. The average molecular weight is 350 g/mol. The highest BCUT2D eigenvalue weighted by molar-refractivity contribution is 5.94. The highest BCUT2D eigenvalue weighted by Gasteiger charge is 2.13. The average Bonchev–Trinajstić information content (AvgIpc) is 3.04. The summed E-state index contributed by atoms with van der Waals surface area (Å²) in [6.07, 6.45) is 8.88. The molecular weight excluding hydrogens is 328 g/mol. The standard InChI is InChI=1S/C19H22N6O/c1-24(2)8-7-21-19(26)17-9-15(13-25(17)3)16-11-22-18(23-12-16)14-5-4-6-20-10-14/h4-6,9-13H,7-8H2,1-3H3,(H,21,26). The molecule has 0 aliphatic rings. The number of carbonyl (C=O) groups is 1. The summed E-state index contributed by atoms with van der Waals surface area (Å²) in [6, 6.07) is 5.62. The summed E-state index contributed by atoms with van der Waals surface area (Å²) in [4.78, 5) is 27.3. The van der Waals surface area contributed by atoms with E-state index >= 15 is 0 Å². The van der Waals surface area contributed by atoms with Gasteiger partial charge >= 0.3 is 0 Å². The number of pyridine rings is 1. The van der Waals surface area contributed by atoms with Gasteiger partial charge in [0.15, 0.2) is 5.82 Å². The fourth-order valence-electron chi connectivity index (χ4n) is 2.55. The Balaban J connectivity index is 1.75. The van der Waals surface area contributed by atoms with Crippen LogP contribution in [0, 0.1) is 0 Å². The monoisotopic (exact) mass is 350 g/mol. The van der Waals surface area contributed by atoms with Crippen molar-refractivity contribution < 1.29 is 4.79 Å². The molecule has 1 N–H and O–H groups in total. The molecule has 0 aliphatic carbocycles. The van der Waals surface area contributed by atoms with Crippen LogP contribution in [-0.4, -0.2) is 57.5 Å². The summed E-state index contributed by atoms with van der Waals surface area (Å²) >= 11 is 0. The van der Waals surface area contributed by atoms with E-state index in [2.05, 4.69) is 20.3 Å². The molecule has 3 rings (SSSR count). The number of aryl methyl sites for hydroxylation is 1. The zero-order chi connectivity index (χ0) is 18.5. The van der Waals surface area contributed by atoms with E-state index in [1.165, 1.54) is 0 Å². The second-order valence-electron chi connectivity index (χ2n) is 6.32. The molecule has 0 aliphatic heterocycles. The summed E-state index contributed by atoms with van der Waals surface area (Å²) in [6.45, 7) is 1.40. The van der Waals surface area contributed by atoms with Crippen LogP contribution in [0.25, 0.3) is 22.5 Å². The predicted molar refractivity (Wildman–Crippen MR) is 101 cm³/mol. The Labute approximate surface area is 152 Å². The van der Waals surface area contributed by atoms with Crippen LogP contribution in [0.3, 0.4) is 0 Å². The van der Waals surface area contributed by atoms with Crippen LogP contribution in [-0.2, 0) is 7.05 Å². The first-order valence-electron chi connectivity index (χ1n) is 8.36. The minimum atomic E-state index is -0.0894. The van der Waals surface area contributed by atoms with Crippen molar-refractivity contribution in [3.8, 4) is 22.5 Å². The highest BCUT2D eigenvalue weighted by Crippen LogP contribution is 2.22. The van der Waals surface area contributed by atoms with Crippen LogP contribution in [0.5, 0.6) is 0 Å². The number of hydrogen-bond acceptors (Lipinski definition) is 5. The van der Waals surface area contributed by atoms with E-state index in [1.807, 2.05) is 55.0 Å². The molecule has 26 heavy (non-hydrogen) atoms. The van der Waals surface area contributed by atoms with Gasteiger partial charge in [0.1, 0.15) is 5.69 Å². The van der Waals surface area contributed by atoms with Crippen LogP contribution >= 0.6 is 0 Å². The number of likely N-dealkylation sites (N-methyl/N-ethyl adjacent to an activating group) is 1. The lowest BCUT2D eigenvalue weighted by Crippen LogP contribution is -2.32. The number of carbonyl (C=O) groups excluding carboxylic acids is 1. The summed E-state index contributed by atoms with van der Waals surface area (Å²) in [5.41, 5.74) is 3.24. The summed E-state index contributed by atoms with van der Waals surface area (Å²) in [5, 5.41) is 2.93. The third-order valence-corrected chi connectivity index (χ3v) is 3.99. The van der Waals surface area contributed by atoms with Gasteiger partial charge in [-0.15, -0.1) is 0 Å². The zero-order valence-electron chi connectivity index (χ0n) is 15.2. The molecule has 0 radical (unpaired) electrons. The fraction of sp³-hybridized carbons (Fsp3) is 0.263. The molecule has 3 heterocycles. The first kappa shape index (κ1) is 17.8. The molecule has 7 heteroatoms. The van der Waals surface area contributed by atoms with Crippen molar-refractivity contribution in [3.05, 3.63) is 54.9 Å². The smallest absolute Gasteiger partial charge is 0.267 e. The Morgan fingerprint density at radius 3 is 2.58 bits per heavy atom. The van der Waals surface area contributed by atoms with Crippen LogP contribution < -0.4 is 5.32 Å². The van der Waals surface area contributed by atoms with E-state index < -0.39 is 0 Å². The normalized spacial score (nSPS) is 10.9. The first-order chi connectivity index (χ1) is 12.5. The number of rotatable bonds is 6. The minimum Gasteiger partial charge on any atom is -0.349 e. The summed E-state index contributed by atoms with van der Waals surface area (Å²) < 4.78 is 1.81. The molecule has 1 amide bonds. The lowest BCUT2D eigenvalue weighted by molar-refractivity contribution is 0.0943. The SMILES string of the molecule is CN(C)CCNC(=O)c1cc(-c2cnc(-c3cccnc3)nc2)cn1C. The molecule has 0 saturated heterocycles. The summed E-state index contributed by atoms with van der Waals surface area (Å²) in [5.74, 6) is 0.535. The van der Waals surface area contributed by atoms with Crippen LogP contribution in [0.4, 0.5) is 0 Å². The van der Waals surface area contributed by atoms with Crippen LogP contribution in [0.15, 0.2) is 49.2 Å². The number of hydrogen-bond donors (Lipinski definition) is 1. The van der Waals surface area contributed by atoms with Gasteiger partial charge in [-0.25, -0.2) is 9.97 Å². The maximum Gasteiger partial charge on any atom is 0.267 e. The topological polar surface area (TPSA) is 75.9 Å². The molecule has 0 unspecified atom stereocenters. The number of nitrogens with one attached hydrogen (secondary N) is 1. The van der Waals surface area contributed by atoms with Gasteiger partial charge < -0.3 is 14.8 Å². The molecule has 0 bridgehead atoms. The van der Waals surface area contributed by atoms with E-state index in [0.717, 1.165) is 23.2 Å². The van der Waals surface area contributed by atoms with E-state index in [9.17, 15) is 4.79 Å². The molecule has 0 spiro atoms. The van der Waals surface area contributed by atoms with Crippen LogP contribution in [0.2, 0.25) is 0 Å². The second-order valence-corrected chi connectivity index (χ2v) is 6.32. The molecule has 0 aromatic carbocycles. The van der Waals surface area contributed by atoms with Gasteiger partial charge in [0.05, 0.1) is 0 Å². The van der Waals surface area contributed by atoms with Gasteiger partial charge in [-0.2, -0.15) is 0 Å². The van der Waals surface area contributed by atoms with E-state index in [-0.39, 0.29) is 5.91 Å². The second kappa shape index (κ2) is 7.88. The van der Waals surface area contributed by atoms with Gasteiger partial charge in [-0.1, -0.05) is 0 Å². The Kier molecular flexibility index (Phi) is 5.38. The van der Waals surface area contributed by atoms with Gasteiger partial charge in [0, 0.05) is 67.8 Å². The Morgan fingerprint density at radius 2 is 1.92 bits per heavy atom. The Hall–Kier alpha value is -3.06. The highest BCUT2D eigenvalue weighted by atomic mass is 16.1. The maximum atomic E-state index is 12.3. The number of amides is 1. The van der Waals surface area contributed by atoms with Crippen molar-refractivity contribution in [2.75, 3.05) is 27.2 Å². The summed E-state index contributed by atoms with van der Waals surface area (Å²) in [7, 11) is 5.80. The minimum absolute atomic E-state index is 0.0894. The molecule has 3 aromatic rings. The molecular formula is C19H22N6O. The van der Waals surface area contributed by atoms with Crippen molar-refractivity contribution >= 4 is 5.91 Å². The van der Waals surface area contributed by atoms with Gasteiger partial charge in [0.25, 0.3) is 5.91 Å². The molecule has 7 nitrogen and oxygen atoms in total. The Morgan fingerprint density at radius 1 is 1.15 bits per heavy atom. The van der Waals surface area contributed by atoms with Crippen molar-refractivity contribution in [3.63, 3.8) is 0 Å². The lowest BCUT2D eigenvalue weighted by Gasteiger charge is -2.10. The zero-order valence-corrected chi connectivity index (χ0v) is 15.2. The van der Waals surface area contributed by atoms with Gasteiger partial charge in [-0.05, 0) is 32.3 Å². The van der Waals surface area contributed by atoms with Crippen molar-refractivity contribution in [2.24, 2.45) is 7.05 Å². The molecule has 0 fully saturated rings. The largest absolute Gasteiger partial charge is 0.349 e. The molecule has 3 aromatic heterocycles. The number of aromatic nitrogens is 4. The van der Waals surface area contributed by atoms with E-state index in [1.54, 1.807) is 24.8 Å². The first-order valence-corrected chi connectivity index (χ1v) is 8.36. The predicted octanol–water partition coefficient (Wildman–Crippen LogP) is 1.84. The third-order valence-electron chi connectivity index (χ3n) is 3.99. The van der Waals surface area contributed by atoms with Crippen molar-refractivity contribution in [1.82, 2.24) is 29.7 Å². The Bertz CT molecular complexity index is 871. The molecule has 0 saturated carbocycles. The van der Waals surface area contributed by atoms with E-state index in [4.69, 9.17) is 0 Å². The third kappa shape index (κ3) is 4.12. The van der Waals surface area contributed by atoms with Crippen molar-refractivity contribution in [2.45, 2.75) is 0 Å². The maximum absolute atomic E-state index is 12.3. The fourth-order valence-corrected chi connectivity index (χ4v) is 2.55. The van der Waals surface area contributed by atoms with Crippen LogP contribution in [0.1, 0.15) is 10.5 Å². The van der Waals surface area contributed by atoms with Gasteiger partial charge in [0.2, 0.25) is 0 Å². The van der Waals surface area contributed by atoms with E-state index in [0.29, 0.717) is 18.1 Å². The van der Waals surface area contributed by atoms with Crippen molar-refractivity contribution in [1.29, 1.82) is 0 Å².